The Labute approximate surface area is 143 Å². The highest BCUT2D eigenvalue weighted by Crippen LogP contribution is 2.21. The molecule has 2 N–H and O–H groups in total. The zero-order valence-electron chi connectivity index (χ0n) is 13.7. The molecule has 2 amide bonds. The van der Waals surface area contributed by atoms with E-state index < -0.39 is 11.9 Å². The van der Waals surface area contributed by atoms with Crippen molar-refractivity contribution in [2.45, 2.75) is 26.4 Å². The van der Waals surface area contributed by atoms with Crippen LogP contribution in [0.15, 0.2) is 33.3 Å². The number of nitrogens with zero attached hydrogens (tertiary/aromatic N) is 1. The minimum atomic E-state index is -1.08. The van der Waals surface area contributed by atoms with Gasteiger partial charge in [-0.25, -0.2) is 4.79 Å². The minimum Gasteiger partial charge on any atom is -0.478 e. The number of hydrogen-bond acceptors (Lipinski definition) is 5. The third-order valence-electron chi connectivity index (χ3n) is 4.15. The molecule has 0 radical (unpaired) electrons. The van der Waals surface area contributed by atoms with Gasteiger partial charge in [0.25, 0.3) is 0 Å². The lowest BCUT2D eigenvalue weighted by Gasteiger charge is -2.14. The monoisotopic (exact) mass is 346 g/mol. The number of carboxylic acid groups (broad SMARTS) is 1. The first-order valence-corrected chi connectivity index (χ1v) is 7.84. The van der Waals surface area contributed by atoms with Crippen molar-refractivity contribution in [2.75, 3.05) is 6.54 Å². The molecule has 25 heavy (non-hydrogen) atoms. The number of carboxylic acids is 1. The van der Waals surface area contributed by atoms with Crippen LogP contribution >= 0.6 is 0 Å². The second-order valence-corrected chi connectivity index (χ2v) is 5.96. The van der Waals surface area contributed by atoms with Crippen LogP contribution in [0.1, 0.15) is 34.1 Å². The molecule has 1 fully saturated rings. The number of rotatable bonds is 6. The fraction of sp³-hybridized carbons (Fsp3) is 0.353. The van der Waals surface area contributed by atoms with Crippen LogP contribution < -0.4 is 5.32 Å². The summed E-state index contributed by atoms with van der Waals surface area (Å²) in [5.74, 6) is -0.565. The van der Waals surface area contributed by atoms with E-state index in [0.717, 1.165) is 0 Å². The van der Waals surface area contributed by atoms with Gasteiger partial charge in [0.15, 0.2) is 0 Å². The van der Waals surface area contributed by atoms with Crippen molar-refractivity contribution in [3.8, 4) is 0 Å². The lowest BCUT2D eigenvalue weighted by atomic mass is 10.1. The largest absolute Gasteiger partial charge is 0.478 e. The summed E-state index contributed by atoms with van der Waals surface area (Å²) in [6.45, 7) is 2.30. The predicted molar refractivity (Wildman–Crippen MR) is 84.5 cm³/mol. The lowest BCUT2D eigenvalue weighted by Crippen LogP contribution is -2.32. The molecule has 1 unspecified atom stereocenters. The Morgan fingerprint density at radius 1 is 1.40 bits per heavy atom. The molecule has 0 saturated carbocycles. The molecule has 3 rings (SSSR count). The van der Waals surface area contributed by atoms with Crippen LogP contribution in [-0.2, 0) is 22.7 Å². The van der Waals surface area contributed by atoms with E-state index in [4.69, 9.17) is 13.9 Å². The van der Waals surface area contributed by atoms with Gasteiger partial charge >= 0.3 is 5.97 Å². The number of aryl methyl sites for hydroxylation is 1. The Balaban J connectivity index is 1.54. The topological polar surface area (TPSA) is 113 Å². The third-order valence-corrected chi connectivity index (χ3v) is 4.15. The van der Waals surface area contributed by atoms with E-state index in [1.807, 2.05) is 0 Å². The lowest BCUT2D eigenvalue weighted by molar-refractivity contribution is -0.129. The third kappa shape index (κ3) is 3.73. The van der Waals surface area contributed by atoms with Crippen LogP contribution in [0.2, 0.25) is 0 Å². The van der Waals surface area contributed by atoms with E-state index in [2.05, 4.69) is 5.32 Å². The van der Waals surface area contributed by atoms with Crippen molar-refractivity contribution < 1.29 is 28.3 Å². The van der Waals surface area contributed by atoms with Crippen LogP contribution in [0.25, 0.3) is 0 Å². The number of likely N-dealkylation sites (tertiary alicyclic amines) is 1. The molecule has 1 saturated heterocycles. The molecule has 0 aliphatic carbocycles. The van der Waals surface area contributed by atoms with Gasteiger partial charge < -0.3 is 24.2 Å². The highest BCUT2D eigenvalue weighted by Gasteiger charge is 2.34. The molecular weight excluding hydrogens is 328 g/mol. The number of aromatic carboxylic acids is 1. The number of carbonyl (C=O) groups excluding carboxylic acids is 2. The van der Waals surface area contributed by atoms with Crippen LogP contribution in [0.4, 0.5) is 0 Å². The molecule has 0 spiro atoms. The molecule has 0 bridgehead atoms. The Kier molecular flexibility index (Phi) is 4.60. The van der Waals surface area contributed by atoms with Crippen molar-refractivity contribution in [2.24, 2.45) is 5.92 Å². The molecule has 2 aromatic heterocycles. The average Bonchev–Trinajstić information content (AvgIpc) is 3.27. The van der Waals surface area contributed by atoms with E-state index in [-0.39, 0.29) is 36.1 Å². The highest BCUT2D eigenvalue weighted by atomic mass is 16.4. The summed E-state index contributed by atoms with van der Waals surface area (Å²) in [5, 5.41) is 11.7. The number of furan rings is 2. The summed E-state index contributed by atoms with van der Waals surface area (Å²) >= 11 is 0. The first kappa shape index (κ1) is 16.8. The Bertz CT molecular complexity index is 792. The maximum absolute atomic E-state index is 12.3. The van der Waals surface area contributed by atoms with E-state index in [9.17, 15) is 14.4 Å². The van der Waals surface area contributed by atoms with Gasteiger partial charge in [0.1, 0.15) is 22.8 Å². The fourth-order valence-electron chi connectivity index (χ4n) is 2.85. The fourth-order valence-corrected chi connectivity index (χ4v) is 2.85. The summed E-state index contributed by atoms with van der Waals surface area (Å²) in [5.41, 5.74) is 0.0740. The first-order chi connectivity index (χ1) is 11.9. The SMILES string of the molecule is Cc1oc(CNC(=O)C2CC(=O)N(Cc3ccco3)C2)cc1C(=O)O. The van der Waals surface area contributed by atoms with Crippen molar-refractivity contribution in [3.63, 3.8) is 0 Å². The number of hydrogen-bond donors (Lipinski definition) is 2. The molecule has 0 aromatic carbocycles. The van der Waals surface area contributed by atoms with E-state index in [1.165, 1.54) is 12.3 Å². The highest BCUT2D eigenvalue weighted by molar-refractivity contribution is 5.90. The van der Waals surface area contributed by atoms with E-state index in [1.54, 1.807) is 24.0 Å². The minimum absolute atomic E-state index is 0.0740. The normalized spacial score (nSPS) is 17.1. The van der Waals surface area contributed by atoms with Crippen LogP contribution in [0.3, 0.4) is 0 Å². The van der Waals surface area contributed by atoms with E-state index in [0.29, 0.717) is 24.6 Å². The molecule has 2 aromatic rings. The zero-order chi connectivity index (χ0) is 18.0. The van der Waals surface area contributed by atoms with Crippen LogP contribution in [-0.4, -0.2) is 34.3 Å². The molecule has 1 aliphatic heterocycles. The van der Waals surface area contributed by atoms with Crippen molar-refractivity contribution >= 4 is 17.8 Å². The van der Waals surface area contributed by atoms with Gasteiger partial charge in [-0.15, -0.1) is 0 Å². The standard InChI is InChI=1S/C17H18N2O6/c1-10-14(17(22)23)6-13(25-10)7-18-16(21)11-5-15(20)19(8-11)9-12-3-2-4-24-12/h2-4,6,11H,5,7-9H2,1H3,(H,18,21)(H,22,23). The molecule has 8 nitrogen and oxygen atoms in total. The van der Waals surface area contributed by atoms with Gasteiger partial charge in [-0.3, -0.25) is 9.59 Å². The number of amides is 2. The summed E-state index contributed by atoms with van der Waals surface area (Å²) in [4.78, 5) is 36.9. The molecule has 8 heteroatoms. The van der Waals surface area contributed by atoms with Crippen molar-refractivity contribution in [1.29, 1.82) is 0 Å². The van der Waals surface area contributed by atoms with E-state index >= 15 is 0 Å². The van der Waals surface area contributed by atoms with Gasteiger partial charge in [0, 0.05) is 13.0 Å². The molecule has 3 heterocycles. The van der Waals surface area contributed by atoms with Gasteiger partial charge in [0.2, 0.25) is 11.8 Å². The molecule has 132 valence electrons. The average molecular weight is 346 g/mol. The van der Waals surface area contributed by atoms with Gasteiger partial charge in [-0.1, -0.05) is 0 Å². The molecule has 1 atom stereocenters. The maximum atomic E-state index is 12.3. The van der Waals surface area contributed by atoms with Crippen LogP contribution in [0.5, 0.6) is 0 Å². The zero-order valence-corrected chi connectivity index (χ0v) is 13.7. The van der Waals surface area contributed by atoms with Gasteiger partial charge in [0.05, 0.1) is 25.3 Å². The summed E-state index contributed by atoms with van der Waals surface area (Å²) in [6, 6.07) is 4.91. The van der Waals surface area contributed by atoms with Gasteiger partial charge in [-0.2, -0.15) is 0 Å². The smallest absolute Gasteiger partial charge is 0.339 e. The second kappa shape index (κ2) is 6.84. The first-order valence-electron chi connectivity index (χ1n) is 7.84. The molecule has 1 aliphatic rings. The summed E-state index contributed by atoms with van der Waals surface area (Å²) in [6.07, 6.45) is 1.68. The van der Waals surface area contributed by atoms with Crippen molar-refractivity contribution in [1.82, 2.24) is 10.2 Å². The summed E-state index contributed by atoms with van der Waals surface area (Å²) < 4.78 is 10.5. The quantitative estimate of drug-likeness (QED) is 0.820. The number of carbonyl (C=O) groups is 3. The van der Waals surface area contributed by atoms with Gasteiger partial charge in [-0.05, 0) is 25.1 Å². The molecular formula is C17H18N2O6. The Morgan fingerprint density at radius 2 is 2.20 bits per heavy atom. The Hall–Kier alpha value is -3.03. The number of nitrogens with one attached hydrogen (secondary N) is 1. The maximum Gasteiger partial charge on any atom is 0.339 e. The summed E-state index contributed by atoms with van der Waals surface area (Å²) in [7, 11) is 0. The van der Waals surface area contributed by atoms with Crippen LogP contribution in [0, 0.1) is 12.8 Å². The predicted octanol–water partition coefficient (Wildman–Crippen LogP) is 1.54. The second-order valence-electron chi connectivity index (χ2n) is 5.96. The Morgan fingerprint density at radius 3 is 2.84 bits per heavy atom. The van der Waals surface area contributed by atoms with Crippen molar-refractivity contribution in [3.05, 3.63) is 47.3 Å².